The topological polar surface area (TPSA) is 81.4 Å². The van der Waals surface area contributed by atoms with Crippen LogP contribution in [-0.2, 0) is 14.8 Å². The van der Waals surface area contributed by atoms with Gasteiger partial charge in [0, 0.05) is 29.3 Å². The van der Waals surface area contributed by atoms with Crippen molar-refractivity contribution in [1.82, 2.24) is 4.72 Å². The van der Waals surface area contributed by atoms with Crippen LogP contribution in [0.5, 0.6) is 0 Å². The standard InChI is InChI=1S/C13H19ClN2O3S/c1-8-12(14)5-11(6-13(8)15)20(17,18)16-9(2)10-3-4-19-7-10/h5-6,9-10,16H,3-4,7,15H2,1-2H3. The second kappa shape index (κ2) is 5.89. The van der Waals surface area contributed by atoms with Crippen molar-refractivity contribution in [3.8, 4) is 0 Å². The van der Waals surface area contributed by atoms with E-state index in [0.717, 1.165) is 6.42 Å². The van der Waals surface area contributed by atoms with Crippen LogP contribution in [0.4, 0.5) is 5.69 Å². The van der Waals surface area contributed by atoms with Crippen LogP contribution < -0.4 is 10.5 Å². The van der Waals surface area contributed by atoms with Crippen LogP contribution in [0, 0.1) is 12.8 Å². The largest absolute Gasteiger partial charge is 0.398 e. The van der Waals surface area contributed by atoms with Crippen LogP contribution >= 0.6 is 11.6 Å². The van der Waals surface area contributed by atoms with Crippen molar-refractivity contribution in [3.63, 3.8) is 0 Å². The number of hydrogen-bond acceptors (Lipinski definition) is 4. The summed E-state index contributed by atoms with van der Waals surface area (Å²) in [4.78, 5) is 0.0939. The molecule has 0 aliphatic carbocycles. The molecule has 1 aliphatic rings. The van der Waals surface area contributed by atoms with E-state index >= 15 is 0 Å². The smallest absolute Gasteiger partial charge is 0.240 e. The van der Waals surface area contributed by atoms with Crippen molar-refractivity contribution in [2.24, 2.45) is 5.92 Å². The van der Waals surface area contributed by atoms with E-state index in [-0.39, 0.29) is 16.9 Å². The predicted octanol–water partition coefficient (Wildman–Crippen LogP) is 1.93. The monoisotopic (exact) mass is 318 g/mol. The first-order chi connectivity index (χ1) is 9.31. The predicted molar refractivity (Wildman–Crippen MR) is 79.3 cm³/mol. The Morgan fingerprint density at radius 1 is 1.50 bits per heavy atom. The minimum Gasteiger partial charge on any atom is -0.398 e. The fourth-order valence-corrected chi connectivity index (χ4v) is 3.85. The molecule has 7 heteroatoms. The molecule has 1 fully saturated rings. The minimum atomic E-state index is -3.63. The molecule has 2 atom stereocenters. The summed E-state index contributed by atoms with van der Waals surface area (Å²) >= 11 is 6.00. The van der Waals surface area contributed by atoms with Crippen molar-refractivity contribution in [2.45, 2.75) is 31.2 Å². The highest BCUT2D eigenvalue weighted by atomic mass is 35.5. The van der Waals surface area contributed by atoms with Gasteiger partial charge in [0.1, 0.15) is 0 Å². The van der Waals surface area contributed by atoms with Crippen LogP contribution in [0.1, 0.15) is 18.9 Å². The van der Waals surface area contributed by atoms with Crippen molar-refractivity contribution in [2.75, 3.05) is 18.9 Å². The molecule has 1 aliphatic heterocycles. The minimum absolute atomic E-state index is 0.0939. The lowest BCUT2D eigenvalue weighted by atomic mass is 10.0. The average Bonchev–Trinajstić information content (AvgIpc) is 2.88. The molecule has 0 bridgehead atoms. The average molecular weight is 319 g/mol. The molecule has 20 heavy (non-hydrogen) atoms. The Bertz CT molecular complexity index is 575. The SMILES string of the molecule is Cc1c(N)cc(S(=O)(=O)NC(C)C2CCOC2)cc1Cl. The highest BCUT2D eigenvalue weighted by Gasteiger charge is 2.27. The third-order valence-corrected chi connectivity index (χ3v) is 5.61. The second-order valence-electron chi connectivity index (χ2n) is 5.15. The molecule has 0 spiro atoms. The van der Waals surface area contributed by atoms with Gasteiger partial charge >= 0.3 is 0 Å². The van der Waals surface area contributed by atoms with Gasteiger partial charge in [0.25, 0.3) is 0 Å². The Morgan fingerprint density at radius 2 is 2.20 bits per heavy atom. The van der Waals surface area contributed by atoms with E-state index in [2.05, 4.69) is 4.72 Å². The molecule has 5 nitrogen and oxygen atoms in total. The van der Waals surface area contributed by atoms with E-state index < -0.39 is 10.0 Å². The molecule has 0 saturated carbocycles. The number of nitrogens with one attached hydrogen (secondary N) is 1. The van der Waals surface area contributed by atoms with Gasteiger partial charge in [-0.3, -0.25) is 0 Å². The zero-order valence-corrected chi connectivity index (χ0v) is 13.1. The lowest BCUT2D eigenvalue weighted by Crippen LogP contribution is -2.38. The third kappa shape index (κ3) is 3.25. The first-order valence-corrected chi connectivity index (χ1v) is 8.33. The Hall–Kier alpha value is -0.820. The summed E-state index contributed by atoms with van der Waals surface area (Å²) in [5.41, 5.74) is 6.83. The normalized spacial score (nSPS) is 21.1. The highest BCUT2D eigenvalue weighted by molar-refractivity contribution is 7.89. The van der Waals surface area contributed by atoms with Crippen molar-refractivity contribution in [3.05, 3.63) is 22.7 Å². The van der Waals surface area contributed by atoms with Gasteiger partial charge in [-0.05, 0) is 38.0 Å². The van der Waals surface area contributed by atoms with Crippen LogP contribution in [0.25, 0.3) is 0 Å². The van der Waals surface area contributed by atoms with E-state index in [1.165, 1.54) is 12.1 Å². The summed E-state index contributed by atoms with van der Waals surface area (Å²) < 4.78 is 32.6. The summed E-state index contributed by atoms with van der Waals surface area (Å²) in [6.07, 6.45) is 0.862. The molecule has 2 unspecified atom stereocenters. The first kappa shape index (κ1) is 15.6. The van der Waals surface area contributed by atoms with E-state index in [0.29, 0.717) is 29.5 Å². The lowest BCUT2D eigenvalue weighted by Gasteiger charge is -2.19. The van der Waals surface area contributed by atoms with Gasteiger partial charge in [-0.15, -0.1) is 0 Å². The third-order valence-electron chi connectivity index (χ3n) is 3.68. The van der Waals surface area contributed by atoms with Gasteiger partial charge in [-0.1, -0.05) is 11.6 Å². The first-order valence-electron chi connectivity index (χ1n) is 6.47. The summed E-state index contributed by atoms with van der Waals surface area (Å²) in [6, 6.07) is 2.67. The summed E-state index contributed by atoms with van der Waals surface area (Å²) in [5.74, 6) is 0.197. The molecular formula is C13H19ClN2O3S. The van der Waals surface area contributed by atoms with Crippen LogP contribution in [0.2, 0.25) is 5.02 Å². The molecule has 2 rings (SSSR count). The van der Waals surface area contributed by atoms with Crippen molar-refractivity contribution < 1.29 is 13.2 Å². The number of ether oxygens (including phenoxy) is 1. The van der Waals surface area contributed by atoms with E-state index in [9.17, 15) is 8.42 Å². The Balaban J connectivity index is 2.21. The Labute approximate surface area is 124 Å². The van der Waals surface area contributed by atoms with E-state index in [1.54, 1.807) is 6.92 Å². The number of nitrogen functional groups attached to an aromatic ring is 1. The maximum atomic E-state index is 12.3. The molecule has 3 N–H and O–H groups in total. The van der Waals surface area contributed by atoms with Gasteiger partial charge < -0.3 is 10.5 Å². The van der Waals surface area contributed by atoms with E-state index in [4.69, 9.17) is 22.1 Å². The molecule has 0 radical (unpaired) electrons. The Kier molecular flexibility index (Phi) is 4.59. The maximum Gasteiger partial charge on any atom is 0.240 e. The molecule has 0 amide bonds. The van der Waals surface area contributed by atoms with E-state index in [1.807, 2.05) is 6.92 Å². The number of nitrogens with two attached hydrogens (primary N) is 1. The quantitative estimate of drug-likeness (QED) is 0.831. The fourth-order valence-electron chi connectivity index (χ4n) is 2.19. The lowest BCUT2D eigenvalue weighted by molar-refractivity contribution is 0.180. The number of rotatable bonds is 4. The van der Waals surface area contributed by atoms with Crippen LogP contribution in [0.15, 0.2) is 17.0 Å². The van der Waals surface area contributed by atoms with Gasteiger partial charge in [0.15, 0.2) is 0 Å². The molecule has 1 heterocycles. The number of hydrogen-bond donors (Lipinski definition) is 2. The number of sulfonamides is 1. The number of halogens is 1. The van der Waals surface area contributed by atoms with Crippen molar-refractivity contribution >= 4 is 27.3 Å². The molecule has 1 aromatic rings. The molecule has 1 saturated heterocycles. The molecule has 0 aromatic heterocycles. The molecule has 1 aromatic carbocycles. The molecular weight excluding hydrogens is 300 g/mol. The highest BCUT2D eigenvalue weighted by Crippen LogP contribution is 2.26. The van der Waals surface area contributed by atoms with Gasteiger partial charge in [0.2, 0.25) is 10.0 Å². The Morgan fingerprint density at radius 3 is 2.75 bits per heavy atom. The van der Waals surface area contributed by atoms with Crippen molar-refractivity contribution in [1.29, 1.82) is 0 Å². The molecule has 112 valence electrons. The van der Waals surface area contributed by atoms with Gasteiger partial charge in [0.05, 0.1) is 11.5 Å². The van der Waals surface area contributed by atoms with Gasteiger partial charge in [-0.25, -0.2) is 13.1 Å². The zero-order valence-electron chi connectivity index (χ0n) is 11.5. The fraction of sp³-hybridized carbons (Fsp3) is 0.538. The second-order valence-corrected chi connectivity index (χ2v) is 7.27. The van der Waals surface area contributed by atoms with Crippen LogP contribution in [0.3, 0.4) is 0 Å². The summed E-state index contributed by atoms with van der Waals surface area (Å²) in [6.45, 7) is 4.86. The maximum absolute atomic E-state index is 12.3. The number of anilines is 1. The van der Waals surface area contributed by atoms with Crippen LogP contribution in [-0.4, -0.2) is 27.7 Å². The number of benzene rings is 1. The summed E-state index contributed by atoms with van der Waals surface area (Å²) in [5, 5.41) is 0.349. The summed E-state index contributed by atoms with van der Waals surface area (Å²) in [7, 11) is -3.63. The zero-order chi connectivity index (χ0) is 14.9. The van der Waals surface area contributed by atoms with Gasteiger partial charge in [-0.2, -0.15) is 0 Å².